The van der Waals surface area contributed by atoms with E-state index in [1.165, 1.54) is 19.3 Å². The molecule has 3 atom stereocenters. The predicted molar refractivity (Wildman–Crippen MR) is 93.7 cm³/mol. The van der Waals surface area contributed by atoms with Gasteiger partial charge in [0.1, 0.15) is 6.54 Å². The lowest BCUT2D eigenvalue weighted by Gasteiger charge is -2.26. The summed E-state index contributed by atoms with van der Waals surface area (Å²) in [7, 11) is -3.51. The molecule has 0 unspecified atom stereocenters. The summed E-state index contributed by atoms with van der Waals surface area (Å²) in [4.78, 5) is 12.3. The highest BCUT2D eigenvalue weighted by Crippen LogP contribution is 2.44. The molecule has 3 rings (SSSR count). The highest BCUT2D eigenvalue weighted by molar-refractivity contribution is 9.10. The number of sulfonamides is 1. The number of fused-ring (bicyclic) bond motifs is 2. The van der Waals surface area contributed by atoms with Crippen LogP contribution in [0.3, 0.4) is 0 Å². The Hall–Kier alpha value is -1.08. The molecule has 1 aromatic rings. The third-order valence-corrected chi connectivity index (χ3v) is 6.56. The standard InChI is InChI=1S/C16H21BrN2O3S/c1-23(21,22)19(14-6-4-13(17)5-7-14)10-16(20)18-15-9-11-2-3-12(15)8-11/h4-7,11-12,15H,2-3,8-10H2,1H3,(H,18,20)/t11-,12-,15+/m0/s1. The molecule has 2 bridgehead atoms. The quantitative estimate of drug-likeness (QED) is 0.825. The molecular weight excluding hydrogens is 380 g/mol. The number of carbonyl (C=O) groups is 1. The highest BCUT2D eigenvalue weighted by atomic mass is 79.9. The van der Waals surface area contributed by atoms with Crippen molar-refractivity contribution >= 4 is 37.5 Å². The molecule has 0 saturated heterocycles. The molecular formula is C16H21BrN2O3S. The molecule has 1 aromatic carbocycles. The van der Waals surface area contributed by atoms with Gasteiger partial charge in [-0.1, -0.05) is 22.4 Å². The van der Waals surface area contributed by atoms with Crippen LogP contribution < -0.4 is 9.62 Å². The van der Waals surface area contributed by atoms with Gasteiger partial charge in [0.2, 0.25) is 15.9 Å². The Bertz CT molecular complexity index is 690. The van der Waals surface area contributed by atoms with E-state index >= 15 is 0 Å². The third kappa shape index (κ3) is 3.88. The fourth-order valence-electron chi connectivity index (χ4n) is 3.81. The summed E-state index contributed by atoms with van der Waals surface area (Å²) in [5.41, 5.74) is 0.499. The molecule has 2 aliphatic carbocycles. The van der Waals surface area contributed by atoms with Crippen molar-refractivity contribution < 1.29 is 13.2 Å². The SMILES string of the molecule is CS(=O)(=O)N(CC(=O)N[C@@H]1C[C@H]2CC[C@H]1C2)c1ccc(Br)cc1. The van der Waals surface area contributed by atoms with Crippen LogP contribution in [-0.2, 0) is 14.8 Å². The first-order valence-corrected chi connectivity index (χ1v) is 10.5. The number of anilines is 1. The molecule has 1 N–H and O–H groups in total. The van der Waals surface area contributed by atoms with E-state index in [1.54, 1.807) is 24.3 Å². The minimum absolute atomic E-state index is 0.172. The van der Waals surface area contributed by atoms with E-state index in [9.17, 15) is 13.2 Å². The van der Waals surface area contributed by atoms with Crippen molar-refractivity contribution in [3.05, 3.63) is 28.7 Å². The smallest absolute Gasteiger partial charge is 0.241 e. The average Bonchev–Trinajstić information content (AvgIpc) is 3.07. The van der Waals surface area contributed by atoms with Gasteiger partial charge >= 0.3 is 0 Å². The normalized spacial score (nSPS) is 26.3. The van der Waals surface area contributed by atoms with E-state index in [1.807, 2.05) is 0 Å². The van der Waals surface area contributed by atoms with Crippen LogP contribution >= 0.6 is 15.9 Å². The van der Waals surface area contributed by atoms with E-state index in [4.69, 9.17) is 0 Å². The fourth-order valence-corrected chi connectivity index (χ4v) is 4.93. The Morgan fingerprint density at radius 2 is 1.96 bits per heavy atom. The van der Waals surface area contributed by atoms with Crippen molar-refractivity contribution in [2.24, 2.45) is 11.8 Å². The zero-order chi connectivity index (χ0) is 16.6. The van der Waals surface area contributed by atoms with Crippen molar-refractivity contribution in [2.75, 3.05) is 17.1 Å². The molecule has 1 amide bonds. The second-order valence-corrected chi connectivity index (χ2v) is 9.42. The molecule has 0 aromatic heterocycles. The van der Waals surface area contributed by atoms with E-state index < -0.39 is 10.0 Å². The lowest BCUT2D eigenvalue weighted by molar-refractivity contribution is -0.120. The van der Waals surface area contributed by atoms with E-state index in [0.717, 1.165) is 27.4 Å². The van der Waals surface area contributed by atoms with Crippen LogP contribution in [0, 0.1) is 11.8 Å². The molecule has 0 radical (unpaired) electrons. The van der Waals surface area contributed by atoms with Crippen molar-refractivity contribution in [1.29, 1.82) is 0 Å². The number of carbonyl (C=O) groups excluding carboxylic acids is 1. The maximum atomic E-state index is 12.3. The number of hydrogen-bond donors (Lipinski definition) is 1. The Morgan fingerprint density at radius 3 is 2.48 bits per heavy atom. The largest absolute Gasteiger partial charge is 0.352 e. The van der Waals surface area contributed by atoms with E-state index in [-0.39, 0.29) is 18.5 Å². The number of amides is 1. The number of benzene rings is 1. The van der Waals surface area contributed by atoms with Crippen LogP contribution in [-0.4, -0.2) is 33.2 Å². The summed E-state index contributed by atoms with van der Waals surface area (Å²) in [5, 5.41) is 3.04. The minimum atomic E-state index is -3.51. The Morgan fingerprint density at radius 1 is 1.26 bits per heavy atom. The van der Waals surface area contributed by atoms with E-state index in [0.29, 0.717) is 11.6 Å². The number of nitrogens with one attached hydrogen (secondary N) is 1. The van der Waals surface area contributed by atoms with Gasteiger partial charge in [0.05, 0.1) is 11.9 Å². The minimum Gasteiger partial charge on any atom is -0.352 e. The Labute approximate surface area is 145 Å². The van der Waals surface area contributed by atoms with Gasteiger partial charge in [0, 0.05) is 10.5 Å². The summed E-state index contributed by atoms with van der Waals surface area (Å²) < 4.78 is 26.1. The molecule has 7 heteroatoms. The van der Waals surface area contributed by atoms with Crippen LogP contribution in [0.25, 0.3) is 0 Å². The maximum absolute atomic E-state index is 12.3. The second kappa shape index (κ2) is 6.43. The zero-order valence-corrected chi connectivity index (χ0v) is 15.4. The lowest BCUT2D eigenvalue weighted by atomic mass is 9.95. The third-order valence-electron chi connectivity index (χ3n) is 4.89. The molecule has 0 heterocycles. The van der Waals surface area contributed by atoms with Crippen molar-refractivity contribution in [3.63, 3.8) is 0 Å². The van der Waals surface area contributed by atoms with Gasteiger partial charge < -0.3 is 5.32 Å². The number of halogens is 1. The first-order valence-electron chi connectivity index (χ1n) is 7.85. The monoisotopic (exact) mass is 400 g/mol. The molecule has 126 valence electrons. The maximum Gasteiger partial charge on any atom is 0.241 e. The molecule has 5 nitrogen and oxygen atoms in total. The summed E-state index contributed by atoms with van der Waals surface area (Å²) in [6, 6.07) is 7.13. The first-order chi connectivity index (χ1) is 10.8. The van der Waals surface area contributed by atoms with Crippen LogP contribution in [0.4, 0.5) is 5.69 Å². The Balaban J connectivity index is 1.69. The highest BCUT2D eigenvalue weighted by Gasteiger charge is 2.40. The van der Waals surface area contributed by atoms with Crippen LogP contribution in [0.2, 0.25) is 0 Å². The fraction of sp³-hybridized carbons (Fsp3) is 0.562. The summed E-state index contributed by atoms with van der Waals surface area (Å²) in [5.74, 6) is 1.09. The van der Waals surface area contributed by atoms with Gasteiger partial charge in [-0.25, -0.2) is 8.42 Å². The van der Waals surface area contributed by atoms with Gasteiger partial charge in [-0.2, -0.15) is 0 Å². The van der Waals surface area contributed by atoms with Crippen molar-refractivity contribution in [3.8, 4) is 0 Å². The van der Waals surface area contributed by atoms with Crippen LogP contribution in [0.15, 0.2) is 28.7 Å². The Kier molecular flexibility index (Phi) is 4.69. The summed E-state index contributed by atoms with van der Waals surface area (Å²) >= 11 is 3.33. The molecule has 0 spiro atoms. The molecule has 0 aliphatic heterocycles. The molecule has 2 fully saturated rings. The van der Waals surface area contributed by atoms with Gasteiger partial charge in [-0.15, -0.1) is 0 Å². The van der Waals surface area contributed by atoms with E-state index in [2.05, 4.69) is 21.2 Å². The predicted octanol–water partition coefficient (Wildman–Crippen LogP) is 2.52. The lowest BCUT2D eigenvalue weighted by Crippen LogP contribution is -2.45. The van der Waals surface area contributed by atoms with Crippen LogP contribution in [0.5, 0.6) is 0 Å². The van der Waals surface area contributed by atoms with Gasteiger partial charge in [0.25, 0.3) is 0 Å². The van der Waals surface area contributed by atoms with Gasteiger partial charge in [0.15, 0.2) is 0 Å². The molecule has 23 heavy (non-hydrogen) atoms. The average molecular weight is 401 g/mol. The zero-order valence-electron chi connectivity index (χ0n) is 13.0. The first kappa shape index (κ1) is 16.8. The molecule has 2 aliphatic rings. The summed E-state index contributed by atoms with van der Waals surface area (Å²) in [6.45, 7) is -0.172. The van der Waals surface area contributed by atoms with Gasteiger partial charge in [-0.05, 0) is 55.4 Å². The molecule has 2 saturated carbocycles. The van der Waals surface area contributed by atoms with Crippen molar-refractivity contribution in [2.45, 2.75) is 31.7 Å². The summed E-state index contributed by atoms with van der Waals surface area (Å²) in [6.07, 6.45) is 5.81. The van der Waals surface area contributed by atoms with Crippen molar-refractivity contribution in [1.82, 2.24) is 5.32 Å². The topological polar surface area (TPSA) is 66.5 Å². The number of nitrogens with zero attached hydrogens (tertiary/aromatic N) is 1. The van der Waals surface area contributed by atoms with Gasteiger partial charge in [-0.3, -0.25) is 9.10 Å². The number of rotatable bonds is 5. The number of hydrogen-bond acceptors (Lipinski definition) is 3. The van der Waals surface area contributed by atoms with Crippen LogP contribution in [0.1, 0.15) is 25.7 Å². The second-order valence-electron chi connectivity index (χ2n) is 6.59.